The number of para-hydroxylation sites is 1. The quantitative estimate of drug-likeness (QED) is 0.851. The highest BCUT2D eigenvalue weighted by Gasteiger charge is 2.11. The van der Waals surface area contributed by atoms with Crippen molar-refractivity contribution in [1.82, 2.24) is 0 Å². The first-order chi connectivity index (χ1) is 9.74. The van der Waals surface area contributed by atoms with E-state index in [0.717, 1.165) is 17.1 Å². The summed E-state index contributed by atoms with van der Waals surface area (Å²) < 4.78 is 11.2. The Kier molecular flexibility index (Phi) is 5.02. The average molecular weight is 272 g/mol. The lowest BCUT2D eigenvalue weighted by molar-refractivity contribution is 0.170. The van der Waals surface area contributed by atoms with E-state index in [1.165, 1.54) is 0 Å². The largest absolute Gasteiger partial charge is 0.494 e. The third-order valence-corrected chi connectivity index (χ3v) is 3.03. The maximum Gasteiger partial charge on any atom is 0.133 e. The van der Waals surface area contributed by atoms with E-state index in [1.807, 2.05) is 62.4 Å². The van der Waals surface area contributed by atoms with Gasteiger partial charge in [0.15, 0.2) is 0 Å². The summed E-state index contributed by atoms with van der Waals surface area (Å²) in [6.45, 7) is 4.54. The van der Waals surface area contributed by atoms with Gasteiger partial charge in [-0.25, -0.2) is 0 Å². The zero-order valence-corrected chi connectivity index (χ0v) is 11.9. The average Bonchev–Trinajstić information content (AvgIpc) is 2.49. The Bertz CT molecular complexity index is 534. The van der Waals surface area contributed by atoms with Crippen molar-refractivity contribution in [3.63, 3.8) is 0 Å². The molecule has 0 spiro atoms. The van der Waals surface area contributed by atoms with Gasteiger partial charge < -0.3 is 14.6 Å². The van der Waals surface area contributed by atoms with Crippen LogP contribution in [0.5, 0.6) is 17.2 Å². The molecule has 0 aliphatic carbocycles. The van der Waals surface area contributed by atoms with E-state index in [-0.39, 0.29) is 0 Å². The van der Waals surface area contributed by atoms with Crippen molar-refractivity contribution >= 4 is 0 Å². The van der Waals surface area contributed by atoms with Gasteiger partial charge in [0.1, 0.15) is 17.2 Å². The van der Waals surface area contributed by atoms with E-state index >= 15 is 0 Å². The Morgan fingerprint density at radius 1 is 0.950 bits per heavy atom. The number of benzene rings is 2. The molecular formula is C17H20O3. The normalized spacial score (nSPS) is 11.9. The lowest BCUT2D eigenvalue weighted by Crippen LogP contribution is -1.98. The van der Waals surface area contributed by atoms with Crippen LogP contribution < -0.4 is 9.47 Å². The highest BCUT2D eigenvalue weighted by atomic mass is 16.5. The molecule has 0 saturated carbocycles. The number of aliphatic hydroxyl groups excluding tert-OH is 1. The third-order valence-electron chi connectivity index (χ3n) is 3.03. The van der Waals surface area contributed by atoms with Crippen molar-refractivity contribution in [1.29, 1.82) is 0 Å². The fraction of sp³-hybridized carbons (Fsp3) is 0.294. The fourth-order valence-corrected chi connectivity index (χ4v) is 1.97. The highest BCUT2D eigenvalue weighted by molar-refractivity contribution is 5.40. The number of ether oxygens (including phenoxy) is 2. The van der Waals surface area contributed by atoms with E-state index in [9.17, 15) is 5.11 Å². The topological polar surface area (TPSA) is 38.7 Å². The molecule has 0 saturated heterocycles. The zero-order valence-electron chi connectivity index (χ0n) is 11.9. The maximum atomic E-state index is 10.0. The van der Waals surface area contributed by atoms with Gasteiger partial charge in [-0.15, -0.1) is 0 Å². The van der Waals surface area contributed by atoms with Crippen LogP contribution in [0.15, 0.2) is 48.5 Å². The summed E-state index contributed by atoms with van der Waals surface area (Å²) in [6, 6.07) is 15.0. The van der Waals surface area contributed by atoms with Crippen molar-refractivity contribution in [3.8, 4) is 17.2 Å². The monoisotopic (exact) mass is 272 g/mol. The molecule has 2 rings (SSSR count). The van der Waals surface area contributed by atoms with E-state index < -0.39 is 6.10 Å². The van der Waals surface area contributed by atoms with Gasteiger partial charge in [0, 0.05) is 5.56 Å². The van der Waals surface area contributed by atoms with Gasteiger partial charge in [0.25, 0.3) is 0 Å². The first kappa shape index (κ1) is 14.4. The Balaban J connectivity index is 2.17. The van der Waals surface area contributed by atoms with Gasteiger partial charge in [0.2, 0.25) is 0 Å². The minimum atomic E-state index is -0.506. The van der Waals surface area contributed by atoms with Crippen LogP contribution in [-0.4, -0.2) is 11.7 Å². The molecule has 2 aromatic carbocycles. The van der Waals surface area contributed by atoms with Crippen molar-refractivity contribution in [3.05, 3.63) is 54.1 Å². The molecule has 106 valence electrons. The Hall–Kier alpha value is -2.00. The molecule has 0 bridgehead atoms. The molecule has 3 nitrogen and oxygen atoms in total. The van der Waals surface area contributed by atoms with Crippen molar-refractivity contribution in [2.75, 3.05) is 6.61 Å². The molecule has 0 aliphatic heterocycles. The van der Waals surface area contributed by atoms with Crippen LogP contribution in [0.3, 0.4) is 0 Å². The van der Waals surface area contributed by atoms with Gasteiger partial charge in [-0.05, 0) is 43.7 Å². The van der Waals surface area contributed by atoms with E-state index in [0.29, 0.717) is 18.8 Å². The molecule has 0 aliphatic rings. The molecule has 2 aromatic rings. The molecule has 0 fully saturated rings. The predicted octanol–water partition coefficient (Wildman–Crippen LogP) is 4.32. The van der Waals surface area contributed by atoms with Crippen molar-refractivity contribution in [2.24, 2.45) is 0 Å². The van der Waals surface area contributed by atoms with Gasteiger partial charge in [0.05, 0.1) is 12.7 Å². The summed E-state index contributed by atoms with van der Waals surface area (Å²) in [5.74, 6) is 2.23. The minimum Gasteiger partial charge on any atom is -0.494 e. The molecule has 1 N–H and O–H groups in total. The standard InChI is InChI=1S/C17H20O3/c1-3-16(18)15-7-5-6-8-17(15)20-14-11-9-13(10-12-14)19-4-2/h5-12,16,18H,3-4H2,1-2H3. The minimum absolute atomic E-state index is 0.506. The Morgan fingerprint density at radius 2 is 1.60 bits per heavy atom. The molecule has 0 amide bonds. The third kappa shape index (κ3) is 3.52. The fourth-order valence-electron chi connectivity index (χ4n) is 1.97. The molecule has 0 aromatic heterocycles. The summed E-state index contributed by atoms with van der Waals surface area (Å²) in [6.07, 6.45) is 0.151. The van der Waals surface area contributed by atoms with Crippen LogP contribution in [0.4, 0.5) is 0 Å². The number of hydrogen-bond acceptors (Lipinski definition) is 3. The first-order valence-corrected chi connectivity index (χ1v) is 6.92. The zero-order chi connectivity index (χ0) is 14.4. The van der Waals surface area contributed by atoms with Crippen molar-refractivity contribution < 1.29 is 14.6 Å². The van der Waals surface area contributed by atoms with E-state index in [4.69, 9.17) is 9.47 Å². The Labute approximate surface area is 119 Å². The maximum absolute atomic E-state index is 10.0. The molecule has 3 heteroatoms. The highest BCUT2D eigenvalue weighted by Crippen LogP contribution is 2.31. The Morgan fingerprint density at radius 3 is 2.25 bits per heavy atom. The van der Waals surface area contributed by atoms with Crippen LogP contribution >= 0.6 is 0 Å². The van der Waals surface area contributed by atoms with Crippen LogP contribution in [0.1, 0.15) is 31.9 Å². The summed E-state index contributed by atoms with van der Waals surface area (Å²) >= 11 is 0. The van der Waals surface area contributed by atoms with Gasteiger partial charge in [-0.1, -0.05) is 25.1 Å². The second-order valence-corrected chi connectivity index (χ2v) is 4.47. The number of hydrogen-bond donors (Lipinski definition) is 1. The SMILES string of the molecule is CCOc1ccc(Oc2ccccc2C(O)CC)cc1. The first-order valence-electron chi connectivity index (χ1n) is 6.92. The van der Waals surface area contributed by atoms with Gasteiger partial charge >= 0.3 is 0 Å². The second kappa shape index (κ2) is 6.96. The summed E-state index contributed by atoms with van der Waals surface area (Å²) in [7, 11) is 0. The van der Waals surface area contributed by atoms with Crippen LogP contribution in [0.25, 0.3) is 0 Å². The summed E-state index contributed by atoms with van der Waals surface area (Å²) in [4.78, 5) is 0. The van der Waals surface area contributed by atoms with Crippen molar-refractivity contribution in [2.45, 2.75) is 26.4 Å². The molecule has 0 heterocycles. The van der Waals surface area contributed by atoms with Gasteiger partial charge in [-0.3, -0.25) is 0 Å². The summed E-state index contributed by atoms with van der Waals surface area (Å²) in [5, 5.41) is 10.0. The number of aliphatic hydroxyl groups is 1. The molecule has 1 unspecified atom stereocenters. The van der Waals surface area contributed by atoms with Crippen LogP contribution in [-0.2, 0) is 0 Å². The smallest absolute Gasteiger partial charge is 0.133 e. The van der Waals surface area contributed by atoms with Crippen LogP contribution in [0, 0.1) is 0 Å². The lowest BCUT2D eigenvalue weighted by Gasteiger charge is -2.14. The lowest BCUT2D eigenvalue weighted by atomic mass is 10.1. The molecule has 1 atom stereocenters. The van der Waals surface area contributed by atoms with Gasteiger partial charge in [-0.2, -0.15) is 0 Å². The summed E-state index contributed by atoms with van der Waals surface area (Å²) in [5.41, 5.74) is 0.809. The number of rotatable bonds is 6. The molecular weight excluding hydrogens is 252 g/mol. The predicted molar refractivity (Wildman–Crippen MR) is 79.4 cm³/mol. The second-order valence-electron chi connectivity index (χ2n) is 4.47. The molecule has 20 heavy (non-hydrogen) atoms. The van der Waals surface area contributed by atoms with E-state index in [2.05, 4.69) is 0 Å². The van der Waals surface area contributed by atoms with E-state index in [1.54, 1.807) is 0 Å². The molecule has 0 radical (unpaired) electrons. The van der Waals surface area contributed by atoms with Crippen LogP contribution in [0.2, 0.25) is 0 Å².